The Bertz CT molecular complexity index is 1170. The molecule has 0 atom stereocenters. The summed E-state index contributed by atoms with van der Waals surface area (Å²) in [4.78, 5) is 19.0. The van der Waals surface area contributed by atoms with Crippen LogP contribution in [0.15, 0.2) is 71.9 Å². The van der Waals surface area contributed by atoms with E-state index >= 15 is 0 Å². The molecule has 8 heteroatoms. The molecule has 2 heterocycles. The molecule has 1 aromatic heterocycles. The number of rotatable bonds is 6. The Morgan fingerprint density at radius 2 is 1.94 bits per heavy atom. The van der Waals surface area contributed by atoms with Crippen molar-refractivity contribution in [3.05, 3.63) is 98.6 Å². The number of ether oxygens (including phenoxy) is 1. The van der Waals surface area contributed by atoms with Gasteiger partial charge in [-0.2, -0.15) is 0 Å². The highest BCUT2D eigenvalue weighted by molar-refractivity contribution is 8.26. The first-order valence-electron chi connectivity index (χ1n) is 9.31. The van der Waals surface area contributed by atoms with Gasteiger partial charge in [0.1, 0.15) is 16.7 Å². The van der Waals surface area contributed by atoms with Gasteiger partial charge in [-0.15, -0.1) is 0 Å². The molecule has 0 radical (unpaired) electrons. The third kappa shape index (κ3) is 5.28. The zero-order valence-electron chi connectivity index (χ0n) is 16.1. The molecule has 1 aliphatic heterocycles. The van der Waals surface area contributed by atoms with Gasteiger partial charge in [-0.1, -0.05) is 77.5 Å². The molecular weight excluding hydrogens is 471 g/mol. The molecular formula is C23H16Cl2N2O2S2. The predicted octanol–water partition coefficient (Wildman–Crippen LogP) is 6.37. The first kappa shape index (κ1) is 21.8. The average Bonchev–Trinajstić information content (AvgIpc) is 3.02. The van der Waals surface area contributed by atoms with E-state index in [2.05, 4.69) is 4.98 Å². The van der Waals surface area contributed by atoms with Gasteiger partial charge in [0, 0.05) is 23.0 Å². The van der Waals surface area contributed by atoms with E-state index in [0.717, 1.165) is 16.7 Å². The van der Waals surface area contributed by atoms with Crippen molar-refractivity contribution in [2.24, 2.45) is 0 Å². The number of benzene rings is 2. The molecule has 1 aliphatic rings. The van der Waals surface area contributed by atoms with Crippen molar-refractivity contribution in [3.63, 3.8) is 0 Å². The fraction of sp³-hybridized carbons (Fsp3) is 0.0870. The molecule has 3 aromatic rings. The number of carbonyl (C=O) groups is 1. The molecule has 31 heavy (non-hydrogen) atoms. The quantitative estimate of drug-likeness (QED) is 0.299. The van der Waals surface area contributed by atoms with E-state index in [0.29, 0.717) is 38.2 Å². The van der Waals surface area contributed by atoms with Gasteiger partial charge < -0.3 is 4.74 Å². The Labute approximate surface area is 199 Å². The minimum atomic E-state index is -0.131. The molecule has 0 bridgehead atoms. The normalized spacial score (nSPS) is 15.0. The number of halogens is 2. The molecule has 0 spiro atoms. The van der Waals surface area contributed by atoms with Crippen LogP contribution < -0.4 is 4.74 Å². The van der Waals surface area contributed by atoms with Gasteiger partial charge in [0.2, 0.25) is 0 Å². The van der Waals surface area contributed by atoms with Crippen LogP contribution in [0.2, 0.25) is 10.0 Å². The van der Waals surface area contributed by atoms with Crippen molar-refractivity contribution in [2.75, 3.05) is 0 Å². The van der Waals surface area contributed by atoms with Crippen molar-refractivity contribution >= 4 is 63.5 Å². The van der Waals surface area contributed by atoms with Gasteiger partial charge in [0.15, 0.2) is 0 Å². The monoisotopic (exact) mass is 486 g/mol. The highest BCUT2D eigenvalue weighted by Crippen LogP contribution is 2.35. The molecule has 156 valence electrons. The smallest absolute Gasteiger partial charge is 0.266 e. The van der Waals surface area contributed by atoms with Crippen molar-refractivity contribution in [1.82, 2.24) is 9.88 Å². The van der Waals surface area contributed by atoms with E-state index < -0.39 is 0 Å². The van der Waals surface area contributed by atoms with Crippen molar-refractivity contribution in [2.45, 2.75) is 13.2 Å². The fourth-order valence-corrected chi connectivity index (χ4v) is 4.65. The maximum atomic E-state index is 12.8. The summed E-state index contributed by atoms with van der Waals surface area (Å²) in [5.41, 5.74) is 2.58. The van der Waals surface area contributed by atoms with Crippen LogP contribution >= 0.6 is 47.2 Å². The van der Waals surface area contributed by atoms with Crippen LogP contribution in [0.5, 0.6) is 5.75 Å². The summed E-state index contributed by atoms with van der Waals surface area (Å²) in [5, 5.41) is 1.09. The first-order valence-corrected chi connectivity index (χ1v) is 11.3. The standard InChI is InChI=1S/C23H16Cl2N2O2S2/c24-18-6-2-1-5-17(18)14-29-20-8-7-15(10-19(20)25)11-21-22(28)27(23(30)31-21)13-16-4-3-9-26-12-16/h1-12H,13-14H2. The first-order chi connectivity index (χ1) is 15.0. The second-order valence-electron chi connectivity index (χ2n) is 6.70. The molecule has 4 nitrogen and oxygen atoms in total. The lowest BCUT2D eigenvalue weighted by Crippen LogP contribution is -2.27. The lowest BCUT2D eigenvalue weighted by molar-refractivity contribution is -0.122. The zero-order valence-corrected chi connectivity index (χ0v) is 19.3. The van der Waals surface area contributed by atoms with Crippen LogP contribution in [0, 0.1) is 0 Å². The van der Waals surface area contributed by atoms with Gasteiger partial charge in [0.05, 0.1) is 16.5 Å². The van der Waals surface area contributed by atoms with Crippen LogP contribution in [0.4, 0.5) is 0 Å². The van der Waals surface area contributed by atoms with E-state index in [-0.39, 0.29) is 5.91 Å². The molecule has 1 fully saturated rings. The number of aromatic nitrogens is 1. The topological polar surface area (TPSA) is 42.4 Å². The van der Waals surface area contributed by atoms with E-state index in [1.54, 1.807) is 35.5 Å². The van der Waals surface area contributed by atoms with Crippen LogP contribution in [0.1, 0.15) is 16.7 Å². The lowest BCUT2D eigenvalue weighted by atomic mass is 10.2. The summed E-state index contributed by atoms with van der Waals surface area (Å²) in [6.07, 6.45) is 5.20. The number of amides is 1. The maximum Gasteiger partial charge on any atom is 0.266 e. The van der Waals surface area contributed by atoms with Crippen LogP contribution in [0.25, 0.3) is 6.08 Å². The molecule has 4 rings (SSSR count). The van der Waals surface area contributed by atoms with Gasteiger partial charge >= 0.3 is 0 Å². The van der Waals surface area contributed by atoms with Gasteiger partial charge in [-0.05, 0) is 41.5 Å². The Balaban J connectivity index is 1.46. The Morgan fingerprint density at radius 1 is 1.10 bits per heavy atom. The molecule has 1 saturated heterocycles. The minimum absolute atomic E-state index is 0.131. The molecule has 0 N–H and O–H groups in total. The molecule has 2 aromatic carbocycles. The van der Waals surface area contributed by atoms with Crippen LogP contribution in [-0.2, 0) is 17.9 Å². The highest BCUT2D eigenvalue weighted by Gasteiger charge is 2.32. The number of hydrogen-bond acceptors (Lipinski definition) is 5. The van der Waals surface area contributed by atoms with Crippen LogP contribution in [0.3, 0.4) is 0 Å². The van der Waals surface area contributed by atoms with E-state index in [4.69, 9.17) is 40.2 Å². The van der Waals surface area contributed by atoms with E-state index in [1.165, 1.54) is 11.8 Å². The van der Waals surface area contributed by atoms with Gasteiger partial charge in [-0.3, -0.25) is 14.7 Å². The summed E-state index contributed by atoms with van der Waals surface area (Å²) < 4.78 is 6.33. The summed E-state index contributed by atoms with van der Waals surface area (Å²) in [5.74, 6) is 0.414. The number of pyridine rings is 1. The number of carbonyl (C=O) groups excluding carboxylic acids is 1. The summed E-state index contributed by atoms with van der Waals surface area (Å²) in [7, 11) is 0. The summed E-state index contributed by atoms with van der Waals surface area (Å²) in [6, 6.07) is 16.6. The maximum absolute atomic E-state index is 12.8. The van der Waals surface area contributed by atoms with Crippen LogP contribution in [-0.4, -0.2) is 20.1 Å². The Kier molecular flexibility index (Phi) is 6.92. The van der Waals surface area contributed by atoms with Crippen molar-refractivity contribution in [1.29, 1.82) is 0 Å². The number of thioether (sulfide) groups is 1. The van der Waals surface area contributed by atoms with E-state index in [1.807, 2.05) is 42.5 Å². The number of hydrogen-bond donors (Lipinski definition) is 0. The van der Waals surface area contributed by atoms with Crippen molar-refractivity contribution in [3.8, 4) is 5.75 Å². The largest absolute Gasteiger partial charge is 0.487 e. The zero-order chi connectivity index (χ0) is 21.8. The third-order valence-corrected chi connectivity index (χ3v) is 6.57. The molecule has 0 aliphatic carbocycles. The third-order valence-electron chi connectivity index (χ3n) is 4.53. The Morgan fingerprint density at radius 3 is 2.68 bits per heavy atom. The minimum Gasteiger partial charge on any atom is -0.487 e. The second-order valence-corrected chi connectivity index (χ2v) is 9.19. The molecule has 1 amide bonds. The van der Waals surface area contributed by atoms with Gasteiger partial charge in [0.25, 0.3) is 5.91 Å². The molecule has 0 unspecified atom stereocenters. The number of thiocarbonyl (C=S) groups is 1. The second kappa shape index (κ2) is 9.83. The fourth-order valence-electron chi connectivity index (χ4n) is 2.96. The van der Waals surface area contributed by atoms with E-state index in [9.17, 15) is 4.79 Å². The summed E-state index contributed by atoms with van der Waals surface area (Å²) in [6.45, 7) is 0.706. The lowest BCUT2D eigenvalue weighted by Gasteiger charge is -2.13. The predicted molar refractivity (Wildman–Crippen MR) is 130 cm³/mol. The Hall–Kier alpha value is -2.38. The SMILES string of the molecule is O=C1C(=Cc2ccc(OCc3ccccc3Cl)c(Cl)c2)SC(=S)N1Cc1cccnc1. The number of nitrogens with zero attached hydrogens (tertiary/aromatic N) is 2. The average molecular weight is 487 g/mol. The molecule has 0 saturated carbocycles. The van der Waals surface area contributed by atoms with Crippen molar-refractivity contribution < 1.29 is 9.53 Å². The summed E-state index contributed by atoms with van der Waals surface area (Å²) >= 11 is 19.2. The highest BCUT2D eigenvalue weighted by atomic mass is 35.5. The van der Waals surface area contributed by atoms with Gasteiger partial charge in [-0.25, -0.2) is 0 Å².